The average Bonchev–Trinajstić information content (AvgIpc) is 2.74. The van der Waals surface area contributed by atoms with Crippen molar-refractivity contribution < 1.29 is 17.9 Å². The van der Waals surface area contributed by atoms with E-state index in [0.717, 1.165) is 4.31 Å². The van der Waals surface area contributed by atoms with Gasteiger partial charge in [-0.25, -0.2) is 17.7 Å². The maximum Gasteiger partial charge on any atom is 0.256 e. The van der Waals surface area contributed by atoms with Crippen LogP contribution < -0.4 is 10.1 Å². The van der Waals surface area contributed by atoms with Gasteiger partial charge in [0.2, 0.25) is 10.0 Å². The van der Waals surface area contributed by atoms with Crippen molar-refractivity contribution in [1.82, 2.24) is 9.29 Å². The first-order valence-electron chi connectivity index (χ1n) is 9.79. The van der Waals surface area contributed by atoms with E-state index >= 15 is 0 Å². The number of carbonyl (C=O) groups is 1. The summed E-state index contributed by atoms with van der Waals surface area (Å²) in [7, 11) is -0.606. The quantitative estimate of drug-likeness (QED) is 0.744. The van der Waals surface area contributed by atoms with Crippen LogP contribution in [0.3, 0.4) is 0 Å². The monoisotopic (exact) mass is 417 g/mol. The van der Waals surface area contributed by atoms with E-state index in [1.54, 1.807) is 18.3 Å². The standard InChI is InChI=1S/C21H27N3O4S/c1-24(2)29(26,27)18-12-10-17(11-13-18)21(25)23-20-19(9-6-14-22-20)28-15-16-7-4-3-5-8-16/h6,9-14,16H,3-5,7-8,15H2,1-2H3,(H,22,23,25). The fraction of sp³-hybridized carbons (Fsp3) is 0.429. The number of amides is 1. The molecular weight excluding hydrogens is 390 g/mol. The summed E-state index contributed by atoms with van der Waals surface area (Å²) in [5, 5.41) is 2.76. The lowest BCUT2D eigenvalue weighted by molar-refractivity contribution is 0.102. The molecule has 0 radical (unpaired) electrons. The van der Waals surface area contributed by atoms with E-state index in [-0.39, 0.29) is 10.8 Å². The van der Waals surface area contributed by atoms with Gasteiger partial charge in [0.05, 0.1) is 11.5 Å². The predicted octanol–water partition coefficient (Wildman–Crippen LogP) is 3.54. The number of sulfonamides is 1. The summed E-state index contributed by atoms with van der Waals surface area (Å²) < 4.78 is 31.4. The molecule has 0 aliphatic heterocycles. The van der Waals surface area contributed by atoms with Gasteiger partial charge in [0.1, 0.15) is 0 Å². The zero-order valence-electron chi connectivity index (χ0n) is 16.8. The smallest absolute Gasteiger partial charge is 0.256 e. The lowest BCUT2D eigenvalue weighted by Gasteiger charge is -2.22. The number of anilines is 1. The van der Waals surface area contributed by atoms with Crippen LogP contribution >= 0.6 is 0 Å². The molecule has 8 heteroatoms. The number of nitrogens with zero attached hydrogens (tertiary/aromatic N) is 2. The van der Waals surface area contributed by atoms with Gasteiger partial charge in [0.15, 0.2) is 11.6 Å². The largest absolute Gasteiger partial charge is 0.489 e. The molecule has 1 fully saturated rings. The van der Waals surface area contributed by atoms with Crippen molar-refractivity contribution in [3.8, 4) is 5.75 Å². The number of ether oxygens (including phenoxy) is 1. The van der Waals surface area contributed by atoms with Gasteiger partial charge in [-0.1, -0.05) is 19.3 Å². The fourth-order valence-corrected chi connectivity index (χ4v) is 4.23. The lowest BCUT2D eigenvalue weighted by Crippen LogP contribution is -2.22. The number of hydrogen-bond acceptors (Lipinski definition) is 5. The van der Waals surface area contributed by atoms with E-state index in [9.17, 15) is 13.2 Å². The molecule has 1 N–H and O–H groups in total. The molecule has 1 aliphatic carbocycles. The molecule has 29 heavy (non-hydrogen) atoms. The van der Waals surface area contributed by atoms with E-state index in [4.69, 9.17) is 4.74 Å². The summed E-state index contributed by atoms with van der Waals surface area (Å²) in [6, 6.07) is 9.37. The highest BCUT2D eigenvalue weighted by molar-refractivity contribution is 7.89. The molecule has 0 bridgehead atoms. The molecule has 1 aromatic carbocycles. The Morgan fingerprint density at radius 2 is 1.83 bits per heavy atom. The Kier molecular flexibility index (Phi) is 6.87. The summed E-state index contributed by atoms with van der Waals surface area (Å²) >= 11 is 0. The molecule has 2 aromatic rings. The van der Waals surface area contributed by atoms with E-state index in [1.165, 1.54) is 70.5 Å². The predicted molar refractivity (Wildman–Crippen MR) is 112 cm³/mol. The number of benzene rings is 1. The Hall–Kier alpha value is -2.45. The van der Waals surface area contributed by atoms with E-state index in [0.29, 0.717) is 29.7 Å². The first-order valence-corrected chi connectivity index (χ1v) is 11.2. The van der Waals surface area contributed by atoms with Gasteiger partial charge in [-0.05, 0) is 55.2 Å². The molecular formula is C21H27N3O4S. The molecule has 1 aliphatic rings. The normalized spacial score (nSPS) is 15.3. The third-order valence-electron chi connectivity index (χ3n) is 5.10. The summed E-state index contributed by atoms with van der Waals surface area (Å²) in [6.07, 6.45) is 7.71. The molecule has 0 spiro atoms. The van der Waals surface area contributed by atoms with Crippen molar-refractivity contribution in [3.63, 3.8) is 0 Å². The SMILES string of the molecule is CN(C)S(=O)(=O)c1ccc(C(=O)Nc2ncccc2OCC2CCCCC2)cc1. The van der Waals surface area contributed by atoms with Crippen LogP contribution in [-0.4, -0.2) is 44.3 Å². The van der Waals surface area contributed by atoms with E-state index < -0.39 is 10.0 Å². The van der Waals surface area contributed by atoms with Crippen molar-refractivity contribution >= 4 is 21.7 Å². The molecule has 1 aromatic heterocycles. The third kappa shape index (κ3) is 5.33. The minimum absolute atomic E-state index is 0.133. The number of rotatable bonds is 7. The molecule has 0 unspecified atom stereocenters. The van der Waals surface area contributed by atoms with Crippen LogP contribution in [0.25, 0.3) is 0 Å². The minimum atomic E-state index is -3.53. The van der Waals surface area contributed by atoms with Gasteiger partial charge in [0.25, 0.3) is 5.91 Å². The van der Waals surface area contributed by atoms with Crippen LogP contribution in [-0.2, 0) is 10.0 Å². The second-order valence-electron chi connectivity index (χ2n) is 7.43. The van der Waals surface area contributed by atoms with Gasteiger partial charge in [-0.15, -0.1) is 0 Å². The highest BCUT2D eigenvalue weighted by Gasteiger charge is 2.19. The molecule has 3 rings (SSSR count). The molecule has 7 nitrogen and oxygen atoms in total. The van der Waals surface area contributed by atoms with Crippen LogP contribution in [0.2, 0.25) is 0 Å². The lowest BCUT2D eigenvalue weighted by atomic mass is 9.90. The Balaban J connectivity index is 1.67. The van der Waals surface area contributed by atoms with Gasteiger partial charge in [-0.3, -0.25) is 4.79 Å². The third-order valence-corrected chi connectivity index (χ3v) is 6.93. The van der Waals surface area contributed by atoms with Crippen LogP contribution in [0.1, 0.15) is 42.5 Å². The minimum Gasteiger partial charge on any atom is -0.489 e. The zero-order valence-corrected chi connectivity index (χ0v) is 17.6. The Bertz CT molecular complexity index is 937. The molecule has 0 atom stereocenters. The summed E-state index contributed by atoms with van der Waals surface area (Å²) in [6.45, 7) is 0.617. The Labute approximate surface area is 172 Å². The van der Waals surface area contributed by atoms with Crippen molar-refractivity contribution in [2.75, 3.05) is 26.0 Å². The van der Waals surface area contributed by atoms with Crippen LogP contribution in [0.5, 0.6) is 5.75 Å². The maximum atomic E-state index is 12.6. The van der Waals surface area contributed by atoms with Gasteiger partial charge >= 0.3 is 0 Å². The first kappa shape index (κ1) is 21.3. The zero-order chi connectivity index (χ0) is 20.9. The molecule has 0 saturated heterocycles. The highest BCUT2D eigenvalue weighted by Crippen LogP contribution is 2.27. The molecule has 1 amide bonds. The average molecular weight is 418 g/mol. The number of pyridine rings is 1. The second-order valence-corrected chi connectivity index (χ2v) is 9.58. The number of hydrogen-bond donors (Lipinski definition) is 1. The van der Waals surface area contributed by atoms with E-state index in [1.807, 2.05) is 0 Å². The fourth-order valence-electron chi connectivity index (χ4n) is 3.33. The van der Waals surface area contributed by atoms with Crippen molar-refractivity contribution in [3.05, 3.63) is 48.2 Å². The van der Waals surface area contributed by atoms with Crippen LogP contribution in [0.15, 0.2) is 47.5 Å². The Morgan fingerprint density at radius 3 is 2.48 bits per heavy atom. The summed E-state index contributed by atoms with van der Waals surface area (Å²) in [4.78, 5) is 17.0. The molecule has 1 heterocycles. The number of aromatic nitrogens is 1. The number of carbonyl (C=O) groups excluding carboxylic acids is 1. The highest BCUT2D eigenvalue weighted by atomic mass is 32.2. The van der Waals surface area contributed by atoms with Gasteiger partial charge in [-0.2, -0.15) is 0 Å². The van der Waals surface area contributed by atoms with Gasteiger partial charge in [0, 0.05) is 25.9 Å². The Morgan fingerprint density at radius 1 is 1.14 bits per heavy atom. The molecule has 156 valence electrons. The second kappa shape index (κ2) is 9.37. The maximum absolute atomic E-state index is 12.6. The number of nitrogens with one attached hydrogen (secondary N) is 1. The van der Waals surface area contributed by atoms with Crippen LogP contribution in [0, 0.1) is 5.92 Å². The first-order chi connectivity index (χ1) is 13.9. The van der Waals surface area contributed by atoms with Crippen molar-refractivity contribution in [2.24, 2.45) is 5.92 Å². The van der Waals surface area contributed by atoms with Crippen molar-refractivity contribution in [1.29, 1.82) is 0 Å². The van der Waals surface area contributed by atoms with E-state index in [2.05, 4.69) is 10.3 Å². The topological polar surface area (TPSA) is 88.6 Å². The molecule has 1 saturated carbocycles. The van der Waals surface area contributed by atoms with Crippen molar-refractivity contribution in [2.45, 2.75) is 37.0 Å². The summed E-state index contributed by atoms with van der Waals surface area (Å²) in [5.74, 6) is 1.07. The van der Waals surface area contributed by atoms with Gasteiger partial charge < -0.3 is 10.1 Å². The van der Waals surface area contributed by atoms with Crippen LogP contribution in [0.4, 0.5) is 5.82 Å². The summed E-state index contributed by atoms with van der Waals surface area (Å²) in [5.41, 5.74) is 0.339.